The average Bonchev–Trinajstić information content (AvgIpc) is 3.42. The summed E-state index contributed by atoms with van der Waals surface area (Å²) in [7, 11) is 0. The van der Waals surface area contributed by atoms with Crippen LogP contribution in [0, 0.1) is 0 Å². The monoisotopic (exact) mass is 547 g/mol. The van der Waals surface area contributed by atoms with E-state index in [0.717, 1.165) is 55.3 Å². The van der Waals surface area contributed by atoms with Gasteiger partial charge in [-0.25, -0.2) is 4.98 Å². The normalized spacial score (nSPS) is 11.7. The molecule has 0 saturated carbocycles. The van der Waals surface area contributed by atoms with Crippen molar-refractivity contribution in [1.29, 1.82) is 0 Å². The lowest BCUT2D eigenvalue weighted by atomic mass is 9.95. The summed E-state index contributed by atoms with van der Waals surface area (Å²) in [6.45, 7) is 0. The molecule has 200 valence electrons. The van der Waals surface area contributed by atoms with Crippen LogP contribution in [0.2, 0.25) is 0 Å². The van der Waals surface area contributed by atoms with Gasteiger partial charge in [0.15, 0.2) is 0 Å². The quantitative estimate of drug-likeness (QED) is 0.206. The van der Waals surface area contributed by atoms with Gasteiger partial charge in [0, 0.05) is 49.8 Å². The highest BCUT2D eigenvalue weighted by atomic mass is 15.0. The molecule has 0 spiro atoms. The predicted molar refractivity (Wildman–Crippen MR) is 180 cm³/mol. The third kappa shape index (κ3) is 3.68. The number of benzene rings is 6. The molecule has 0 aliphatic rings. The first-order chi connectivity index (χ1) is 21.3. The van der Waals surface area contributed by atoms with Gasteiger partial charge in [0.2, 0.25) is 0 Å². The van der Waals surface area contributed by atoms with Gasteiger partial charge in [-0.2, -0.15) is 0 Å². The Morgan fingerprint density at radius 2 is 1.23 bits per heavy atom. The molecule has 0 saturated heterocycles. The lowest BCUT2D eigenvalue weighted by molar-refractivity contribution is 1.19. The topological polar surface area (TPSA) is 30.7 Å². The Balaban J connectivity index is 1.38. The molecular weight excluding hydrogens is 522 g/mol. The van der Waals surface area contributed by atoms with E-state index in [2.05, 4.69) is 149 Å². The Kier molecular flexibility index (Phi) is 5.20. The molecule has 0 aliphatic carbocycles. The molecule has 0 N–H and O–H groups in total. The fourth-order valence-electron chi connectivity index (χ4n) is 6.65. The van der Waals surface area contributed by atoms with E-state index in [1.807, 2.05) is 12.3 Å². The van der Waals surface area contributed by atoms with Gasteiger partial charge >= 0.3 is 0 Å². The second-order valence-electron chi connectivity index (χ2n) is 11.0. The average molecular weight is 548 g/mol. The molecule has 3 heteroatoms. The summed E-state index contributed by atoms with van der Waals surface area (Å²) in [6.07, 6.45) is 1.85. The molecular formula is C40H25N3. The first kappa shape index (κ1) is 23.9. The van der Waals surface area contributed by atoms with Crippen LogP contribution in [0.3, 0.4) is 0 Å². The van der Waals surface area contributed by atoms with Crippen molar-refractivity contribution in [1.82, 2.24) is 14.5 Å². The van der Waals surface area contributed by atoms with E-state index in [4.69, 9.17) is 4.98 Å². The minimum Gasteiger partial charge on any atom is -0.309 e. The second kappa shape index (κ2) is 9.37. The molecule has 3 aromatic heterocycles. The van der Waals surface area contributed by atoms with Crippen LogP contribution in [0.1, 0.15) is 0 Å². The zero-order valence-corrected chi connectivity index (χ0v) is 23.3. The second-order valence-corrected chi connectivity index (χ2v) is 11.0. The van der Waals surface area contributed by atoms with Crippen LogP contribution in [-0.4, -0.2) is 14.5 Å². The molecule has 0 fully saturated rings. The first-order valence-corrected chi connectivity index (χ1v) is 14.6. The first-order valence-electron chi connectivity index (χ1n) is 14.6. The van der Waals surface area contributed by atoms with Gasteiger partial charge in [0.1, 0.15) is 0 Å². The molecule has 0 unspecified atom stereocenters. The Morgan fingerprint density at radius 1 is 0.465 bits per heavy atom. The Hall–Kier alpha value is -5.80. The molecule has 9 rings (SSSR count). The van der Waals surface area contributed by atoms with Crippen LogP contribution < -0.4 is 0 Å². The molecule has 43 heavy (non-hydrogen) atoms. The molecule has 3 heterocycles. The van der Waals surface area contributed by atoms with Gasteiger partial charge < -0.3 is 4.57 Å². The van der Waals surface area contributed by atoms with Crippen molar-refractivity contribution in [2.24, 2.45) is 0 Å². The van der Waals surface area contributed by atoms with Gasteiger partial charge in [-0.15, -0.1) is 0 Å². The number of hydrogen-bond acceptors (Lipinski definition) is 2. The number of rotatable bonds is 3. The van der Waals surface area contributed by atoms with Gasteiger partial charge in [0.05, 0.1) is 27.8 Å². The fourth-order valence-corrected chi connectivity index (χ4v) is 6.65. The molecule has 0 radical (unpaired) electrons. The number of nitrogens with zero attached hydrogens (tertiary/aromatic N) is 3. The summed E-state index contributed by atoms with van der Waals surface area (Å²) in [5, 5.41) is 7.15. The number of pyridine rings is 2. The summed E-state index contributed by atoms with van der Waals surface area (Å²) in [5.41, 5.74) is 9.91. The van der Waals surface area contributed by atoms with Gasteiger partial charge in [-0.1, -0.05) is 103 Å². The summed E-state index contributed by atoms with van der Waals surface area (Å²) in [6, 6.07) is 51.8. The van der Waals surface area contributed by atoms with Crippen molar-refractivity contribution in [2.75, 3.05) is 0 Å². The molecule has 0 atom stereocenters. The van der Waals surface area contributed by atoms with Crippen molar-refractivity contribution < 1.29 is 0 Å². The van der Waals surface area contributed by atoms with Crippen molar-refractivity contribution >= 4 is 54.4 Å². The number of fused-ring (bicyclic) bond motifs is 8. The molecule has 9 aromatic rings. The maximum absolute atomic E-state index is 5.30. The van der Waals surface area contributed by atoms with E-state index in [9.17, 15) is 0 Å². The minimum absolute atomic E-state index is 0.987. The van der Waals surface area contributed by atoms with Crippen molar-refractivity contribution in [3.05, 3.63) is 152 Å². The van der Waals surface area contributed by atoms with E-state index in [1.54, 1.807) is 0 Å². The molecule has 6 aromatic carbocycles. The maximum atomic E-state index is 5.30. The summed E-state index contributed by atoms with van der Waals surface area (Å²) in [5.74, 6) is 0. The third-order valence-electron chi connectivity index (χ3n) is 8.59. The van der Waals surface area contributed by atoms with Crippen LogP contribution in [0.4, 0.5) is 0 Å². The van der Waals surface area contributed by atoms with Gasteiger partial charge in [-0.3, -0.25) is 4.98 Å². The zero-order valence-electron chi connectivity index (χ0n) is 23.3. The van der Waals surface area contributed by atoms with Crippen molar-refractivity contribution in [3.8, 4) is 28.1 Å². The smallest absolute Gasteiger partial charge is 0.0789 e. The highest BCUT2D eigenvalue weighted by Crippen LogP contribution is 2.42. The Labute approximate surface area is 248 Å². The largest absolute Gasteiger partial charge is 0.309 e. The standard InChI is InChI=1S/C40H25N3/c1-2-13-30(14-3-1)43-37-18-7-5-15-31(37)32-21-22-34-38(40(32)43)33-16-4-6-17-35(33)42-39(34)29-11-8-10-27(24-29)28-20-19-26-12-9-23-41-36(26)25-28/h1-25H. The minimum atomic E-state index is 0.987. The summed E-state index contributed by atoms with van der Waals surface area (Å²) >= 11 is 0. The van der Waals surface area contributed by atoms with E-state index >= 15 is 0 Å². The van der Waals surface area contributed by atoms with Gasteiger partial charge in [0.25, 0.3) is 0 Å². The Morgan fingerprint density at radius 3 is 2.16 bits per heavy atom. The summed E-state index contributed by atoms with van der Waals surface area (Å²) < 4.78 is 2.42. The van der Waals surface area contributed by atoms with Crippen LogP contribution in [-0.2, 0) is 0 Å². The van der Waals surface area contributed by atoms with E-state index < -0.39 is 0 Å². The molecule has 0 aliphatic heterocycles. The van der Waals surface area contributed by atoms with E-state index in [1.165, 1.54) is 27.2 Å². The van der Waals surface area contributed by atoms with Crippen LogP contribution in [0.25, 0.3) is 82.5 Å². The van der Waals surface area contributed by atoms with Crippen molar-refractivity contribution in [2.45, 2.75) is 0 Å². The third-order valence-corrected chi connectivity index (χ3v) is 8.59. The number of para-hydroxylation sites is 3. The van der Waals surface area contributed by atoms with Gasteiger partial charge in [-0.05, 0) is 53.6 Å². The molecule has 0 bridgehead atoms. The van der Waals surface area contributed by atoms with E-state index in [0.29, 0.717) is 0 Å². The lowest BCUT2D eigenvalue weighted by Crippen LogP contribution is -1.96. The highest BCUT2D eigenvalue weighted by molar-refractivity contribution is 6.26. The SMILES string of the molecule is c1ccc(-n2c3ccccc3c3ccc4c(-c5cccc(-c6ccc7cccnc7c6)c5)nc5ccccc5c4c32)cc1. The van der Waals surface area contributed by atoms with Crippen LogP contribution in [0.15, 0.2) is 152 Å². The number of aromatic nitrogens is 3. The fraction of sp³-hybridized carbons (Fsp3) is 0. The maximum Gasteiger partial charge on any atom is 0.0789 e. The molecule has 0 amide bonds. The Bertz CT molecular complexity index is 2510. The zero-order chi connectivity index (χ0) is 28.3. The lowest BCUT2D eigenvalue weighted by Gasteiger charge is -2.15. The number of hydrogen-bond donors (Lipinski definition) is 0. The van der Waals surface area contributed by atoms with E-state index in [-0.39, 0.29) is 0 Å². The molecule has 3 nitrogen and oxygen atoms in total. The van der Waals surface area contributed by atoms with Crippen LogP contribution >= 0.6 is 0 Å². The summed E-state index contributed by atoms with van der Waals surface area (Å²) in [4.78, 5) is 9.89. The van der Waals surface area contributed by atoms with Crippen molar-refractivity contribution in [3.63, 3.8) is 0 Å². The van der Waals surface area contributed by atoms with Crippen LogP contribution in [0.5, 0.6) is 0 Å². The predicted octanol–water partition coefficient (Wildman–Crippen LogP) is 10.4. The highest BCUT2D eigenvalue weighted by Gasteiger charge is 2.19.